The number of anilines is 1. The lowest BCUT2D eigenvalue weighted by atomic mass is 10.1. The molecule has 1 aromatic heterocycles. The average molecular weight is 326 g/mol. The monoisotopic (exact) mass is 326 g/mol. The Balaban J connectivity index is 1.84. The molecule has 0 saturated carbocycles. The Bertz CT molecular complexity index is 1050. The Morgan fingerprint density at radius 3 is 2.48 bits per heavy atom. The second-order valence-corrected chi connectivity index (χ2v) is 7.40. The van der Waals surface area contributed by atoms with Crippen molar-refractivity contribution in [3.8, 4) is 0 Å². The number of rotatable bonds is 3. The number of benzene rings is 2. The quantitative estimate of drug-likeness (QED) is 0.695. The van der Waals surface area contributed by atoms with Crippen molar-refractivity contribution in [2.24, 2.45) is 7.05 Å². The van der Waals surface area contributed by atoms with Crippen LogP contribution in [0.15, 0.2) is 59.6 Å². The van der Waals surface area contributed by atoms with Crippen molar-refractivity contribution in [3.63, 3.8) is 0 Å². The number of aromatic nitrogens is 1. The maximum absolute atomic E-state index is 12.8. The van der Waals surface area contributed by atoms with E-state index in [1.807, 2.05) is 18.2 Å². The minimum Gasteiger partial charge on any atom is -0.348 e. The van der Waals surface area contributed by atoms with Gasteiger partial charge in [-0.25, -0.2) is 8.42 Å². The molecule has 0 saturated heterocycles. The fourth-order valence-electron chi connectivity index (χ4n) is 3.09. The Kier molecular flexibility index (Phi) is 2.86. The lowest BCUT2D eigenvalue weighted by molar-refractivity contribution is 0.0995. The van der Waals surface area contributed by atoms with Gasteiger partial charge in [-0.1, -0.05) is 24.3 Å². The molecule has 0 spiro atoms. The predicted octanol–water partition coefficient (Wildman–Crippen LogP) is 2.57. The van der Waals surface area contributed by atoms with Crippen molar-refractivity contribution in [3.05, 3.63) is 60.4 Å². The smallest absolute Gasteiger partial charge is 0.265 e. The zero-order valence-corrected chi connectivity index (χ0v) is 13.2. The largest absolute Gasteiger partial charge is 0.348 e. The minimum atomic E-state index is -3.69. The molecule has 1 aliphatic rings. The van der Waals surface area contributed by atoms with Crippen LogP contribution in [-0.2, 0) is 17.1 Å². The molecular weight excluding hydrogens is 312 g/mol. The second kappa shape index (κ2) is 4.70. The van der Waals surface area contributed by atoms with Gasteiger partial charge in [0.2, 0.25) is 0 Å². The van der Waals surface area contributed by atoms with Crippen LogP contribution in [-0.4, -0.2) is 25.3 Å². The van der Waals surface area contributed by atoms with Crippen LogP contribution in [0.4, 0.5) is 5.69 Å². The van der Waals surface area contributed by atoms with Crippen LogP contribution >= 0.6 is 0 Å². The van der Waals surface area contributed by atoms with Gasteiger partial charge in [0, 0.05) is 18.6 Å². The van der Waals surface area contributed by atoms with Crippen LogP contribution < -0.4 is 4.31 Å². The van der Waals surface area contributed by atoms with E-state index in [1.165, 1.54) is 4.31 Å². The third kappa shape index (κ3) is 1.91. The topological polar surface area (TPSA) is 59.4 Å². The van der Waals surface area contributed by atoms with Gasteiger partial charge in [-0.15, -0.1) is 0 Å². The summed E-state index contributed by atoms with van der Waals surface area (Å²) in [5, 5.41) is 1.55. The summed E-state index contributed by atoms with van der Waals surface area (Å²) in [5.41, 5.74) is 1.06. The van der Waals surface area contributed by atoms with Crippen molar-refractivity contribution in [1.82, 2.24) is 4.57 Å². The fourth-order valence-corrected chi connectivity index (χ4v) is 4.76. The molecule has 4 rings (SSSR count). The standard InChI is InChI=1S/C17H14N2O3S/c1-18-10-4-8-13(18)15(20)11-19-14-7-2-5-12-6-3-9-16(17(12)14)23(19,21)22/h2-10H,11H2,1H3. The van der Waals surface area contributed by atoms with E-state index in [2.05, 4.69) is 0 Å². The van der Waals surface area contributed by atoms with Crippen LogP contribution in [0, 0.1) is 0 Å². The fraction of sp³-hybridized carbons (Fsp3) is 0.118. The summed E-state index contributed by atoms with van der Waals surface area (Å²) in [7, 11) is -1.93. The number of ketones is 1. The van der Waals surface area contributed by atoms with E-state index in [9.17, 15) is 13.2 Å². The first-order valence-corrected chi connectivity index (χ1v) is 8.63. The first kappa shape index (κ1) is 14.0. The average Bonchev–Trinajstić information content (AvgIpc) is 3.04. The number of aryl methyl sites for hydroxylation is 1. The molecule has 0 aliphatic carbocycles. The Morgan fingerprint density at radius 2 is 1.78 bits per heavy atom. The van der Waals surface area contributed by atoms with Crippen LogP contribution in [0.1, 0.15) is 10.5 Å². The van der Waals surface area contributed by atoms with Gasteiger partial charge < -0.3 is 4.57 Å². The second-order valence-electron chi connectivity index (χ2n) is 5.57. The number of hydrogen-bond donors (Lipinski definition) is 0. The predicted molar refractivity (Wildman–Crippen MR) is 88.2 cm³/mol. The van der Waals surface area contributed by atoms with Crippen molar-refractivity contribution >= 4 is 32.3 Å². The van der Waals surface area contributed by atoms with E-state index in [1.54, 1.807) is 48.1 Å². The first-order valence-electron chi connectivity index (χ1n) is 7.19. The lowest BCUT2D eigenvalue weighted by Gasteiger charge is -2.18. The third-order valence-electron chi connectivity index (χ3n) is 4.20. The number of hydrogen-bond acceptors (Lipinski definition) is 3. The van der Waals surface area contributed by atoms with E-state index in [4.69, 9.17) is 0 Å². The number of nitrogens with zero attached hydrogens (tertiary/aromatic N) is 2. The van der Waals surface area contributed by atoms with Gasteiger partial charge in [-0.3, -0.25) is 9.10 Å². The SMILES string of the molecule is Cn1cccc1C(=O)CN1c2cccc3cccc(c23)S1(=O)=O. The summed E-state index contributed by atoms with van der Waals surface area (Å²) in [4.78, 5) is 12.8. The summed E-state index contributed by atoms with van der Waals surface area (Å²) in [5.74, 6) is -0.231. The third-order valence-corrected chi connectivity index (χ3v) is 6.00. The van der Waals surface area contributed by atoms with Gasteiger partial charge in [0.05, 0.1) is 22.8 Å². The van der Waals surface area contributed by atoms with E-state index < -0.39 is 10.0 Å². The maximum atomic E-state index is 12.8. The molecule has 23 heavy (non-hydrogen) atoms. The zero-order valence-electron chi connectivity index (χ0n) is 12.4. The Morgan fingerprint density at radius 1 is 1.04 bits per heavy atom. The zero-order chi connectivity index (χ0) is 16.2. The van der Waals surface area contributed by atoms with Gasteiger partial charge in [0.15, 0.2) is 5.78 Å². The maximum Gasteiger partial charge on any atom is 0.265 e. The summed E-state index contributed by atoms with van der Waals surface area (Å²) in [6.45, 7) is -0.200. The molecule has 2 aromatic carbocycles. The highest BCUT2D eigenvalue weighted by molar-refractivity contribution is 7.93. The van der Waals surface area contributed by atoms with E-state index in [0.29, 0.717) is 16.8 Å². The van der Waals surface area contributed by atoms with Crippen molar-refractivity contribution < 1.29 is 13.2 Å². The van der Waals surface area contributed by atoms with Crippen LogP contribution in [0.2, 0.25) is 0 Å². The number of carbonyl (C=O) groups excluding carboxylic acids is 1. The molecule has 0 atom stereocenters. The Hall–Kier alpha value is -2.60. The van der Waals surface area contributed by atoms with Gasteiger partial charge in [0.25, 0.3) is 10.0 Å². The molecule has 0 bridgehead atoms. The molecular formula is C17H14N2O3S. The number of carbonyl (C=O) groups is 1. The number of Topliss-reactive ketones (excluding diaryl/α,β-unsaturated/α-hetero) is 1. The molecule has 2 heterocycles. The van der Waals surface area contributed by atoms with E-state index in [-0.39, 0.29) is 17.2 Å². The van der Waals surface area contributed by atoms with Crippen molar-refractivity contribution in [1.29, 1.82) is 0 Å². The van der Waals surface area contributed by atoms with Crippen LogP contribution in [0.25, 0.3) is 10.8 Å². The van der Waals surface area contributed by atoms with Gasteiger partial charge >= 0.3 is 0 Å². The number of sulfonamides is 1. The normalized spacial score (nSPS) is 15.3. The first-order chi connectivity index (χ1) is 11.0. The summed E-state index contributed by atoms with van der Waals surface area (Å²) < 4.78 is 28.5. The molecule has 116 valence electrons. The van der Waals surface area contributed by atoms with Gasteiger partial charge in [-0.2, -0.15) is 0 Å². The highest BCUT2D eigenvalue weighted by Gasteiger charge is 2.36. The van der Waals surface area contributed by atoms with E-state index >= 15 is 0 Å². The van der Waals surface area contributed by atoms with Gasteiger partial charge in [0.1, 0.15) is 0 Å². The molecule has 0 N–H and O–H groups in total. The van der Waals surface area contributed by atoms with Crippen molar-refractivity contribution in [2.45, 2.75) is 4.90 Å². The molecule has 0 amide bonds. The molecule has 1 aliphatic heterocycles. The van der Waals surface area contributed by atoms with E-state index in [0.717, 1.165) is 5.39 Å². The minimum absolute atomic E-state index is 0.200. The molecule has 6 heteroatoms. The summed E-state index contributed by atoms with van der Waals surface area (Å²) in [6.07, 6.45) is 1.77. The summed E-state index contributed by atoms with van der Waals surface area (Å²) in [6, 6.07) is 14.1. The summed E-state index contributed by atoms with van der Waals surface area (Å²) >= 11 is 0. The van der Waals surface area contributed by atoms with Gasteiger partial charge in [-0.05, 0) is 29.7 Å². The van der Waals surface area contributed by atoms with Crippen molar-refractivity contribution in [2.75, 3.05) is 10.8 Å². The molecule has 5 nitrogen and oxygen atoms in total. The van der Waals surface area contributed by atoms with Crippen LogP contribution in [0.3, 0.4) is 0 Å². The molecule has 0 fully saturated rings. The highest BCUT2D eigenvalue weighted by Crippen LogP contribution is 2.41. The molecule has 3 aromatic rings. The Labute approximate surface area is 133 Å². The molecule has 0 unspecified atom stereocenters. The highest BCUT2D eigenvalue weighted by atomic mass is 32.2. The molecule has 0 radical (unpaired) electrons. The van der Waals surface area contributed by atoms with Crippen LogP contribution in [0.5, 0.6) is 0 Å². The lowest BCUT2D eigenvalue weighted by Crippen LogP contribution is -2.33.